The van der Waals surface area contributed by atoms with Gasteiger partial charge in [-0.3, -0.25) is 5.32 Å². The Bertz CT molecular complexity index is 1120. The lowest BCUT2D eigenvalue weighted by Crippen LogP contribution is -2.21. The van der Waals surface area contributed by atoms with Gasteiger partial charge in [-0.2, -0.15) is 0 Å². The third kappa shape index (κ3) is 3.62. The summed E-state index contributed by atoms with van der Waals surface area (Å²) in [6.07, 6.45) is 0. The Kier molecular flexibility index (Phi) is 5.28. The summed E-state index contributed by atoms with van der Waals surface area (Å²) in [6.45, 7) is 4.44. The van der Waals surface area contributed by atoms with Gasteiger partial charge in [0.25, 0.3) is 0 Å². The standard InChI is InChI=1S/C30H27N/c1-21-13-9-11-19-25(21)27-28(26-20-12-10-14-22(26)2)30(24-17-7-4-8-18-24)31-29(27)23-15-5-3-6-16-23/h3-20,29-31H,1-2H3. The van der Waals surface area contributed by atoms with Crippen LogP contribution < -0.4 is 5.32 Å². The molecule has 0 fully saturated rings. The maximum absolute atomic E-state index is 4.00. The van der Waals surface area contributed by atoms with Gasteiger partial charge in [-0.1, -0.05) is 109 Å². The van der Waals surface area contributed by atoms with E-state index in [-0.39, 0.29) is 12.1 Å². The van der Waals surface area contributed by atoms with E-state index in [1.165, 1.54) is 44.5 Å². The number of aryl methyl sites for hydroxylation is 2. The molecule has 1 heterocycles. The molecule has 4 aromatic carbocycles. The van der Waals surface area contributed by atoms with Gasteiger partial charge in [-0.25, -0.2) is 0 Å². The second kappa shape index (κ2) is 8.37. The minimum atomic E-state index is 0.127. The molecule has 0 radical (unpaired) electrons. The molecule has 1 N–H and O–H groups in total. The van der Waals surface area contributed by atoms with Gasteiger partial charge in [0, 0.05) is 0 Å². The molecule has 0 aromatic heterocycles. The molecular weight excluding hydrogens is 374 g/mol. The van der Waals surface area contributed by atoms with E-state index in [1.54, 1.807) is 0 Å². The monoisotopic (exact) mass is 401 g/mol. The van der Waals surface area contributed by atoms with E-state index in [1.807, 2.05) is 0 Å². The maximum atomic E-state index is 4.00. The Hall–Kier alpha value is -3.42. The van der Waals surface area contributed by atoms with Crippen LogP contribution in [-0.4, -0.2) is 0 Å². The summed E-state index contributed by atoms with van der Waals surface area (Å²) in [6, 6.07) is 39.5. The molecular formula is C30H27N. The van der Waals surface area contributed by atoms with Crippen LogP contribution in [0.3, 0.4) is 0 Å². The molecule has 2 atom stereocenters. The average molecular weight is 402 g/mol. The van der Waals surface area contributed by atoms with Crippen LogP contribution in [0.5, 0.6) is 0 Å². The lowest BCUT2D eigenvalue weighted by molar-refractivity contribution is 0.618. The van der Waals surface area contributed by atoms with Crippen molar-refractivity contribution in [3.05, 3.63) is 143 Å². The quantitative estimate of drug-likeness (QED) is 0.378. The first kappa shape index (κ1) is 19.5. The number of rotatable bonds is 4. The smallest absolute Gasteiger partial charge is 0.0593 e. The first-order chi connectivity index (χ1) is 15.2. The molecule has 5 rings (SSSR count). The summed E-state index contributed by atoms with van der Waals surface area (Å²) in [7, 11) is 0. The van der Waals surface area contributed by atoms with Gasteiger partial charge < -0.3 is 0 Å². The lowest BCUT2D eigenvalue weighted by atomic mass is 9.84. The second-order valence-corrected chi connectivity index (χ2v) is 8.31. The van der Waals surface area contributed by atoms with Crippen LogP contribution in [0.25, 0.3) is 11.1 Å². The fraction of sp³-hybridized carbons (Fsp3) is 0.133. The third-order valence-electron chi connectivity index (χ3n) is 6.34. The molecule has 0 bridgehead atoms. The highest BCUT2D eigenvalue weighted by Crippen LogP contribution is 2.50. The van der Waals surface area contributed by atoms with Gasteiger partial charge >= 0.3 is 0 Å². The van der Waals surface area contributed by atoms with Crippen molar-refractivity contribution in [1.82, 2.24) is 5.32 Å². The van der Waals surface area contributed by atoms with Crippen LogP contribution in [0.15, 0.2) is 109 Å². The molecule has 0 aliphatic carbocycles. The van der Waals surface area contributed by atoms with E-state index < -0.39 is 0 Å². The van der Waals surface area contributed by atoms with Crippen molar-refractivity contribution >= 4 is 11.1 Å². The fourth-order valence-corrected chi connectivity index (χ4v) is 4.81. The molecule has 31 heavy (non-hydrogen) atoms. The van der Waals surface area contributed by atoms with Gasteiger partial charge in [0.2, 0.25) is 0 Å². The minimum Gasteiger partial charge on any atom is -0.295 e. The van der Waals surface area contributed by atoms with Crippen molar-refractivity contribution in [2.24, 2.45) is 0 Å². The van der Waals surface area contributed by atoms with E-state index in [0.29, 0.717) is 0 Å². The van der Waals surface area contributed by atoms with Crippen molar-refractivity contribution < 1.29 is 0 Å². The van der Waals surface area contributed by atoms with E-state index in [2.05, 4.69) is 128 Å². The topological polar surface area (TPSA) is 12.0 Å². The van der Waals surface area contributed by atoms with Crippen molar-refractivity contribution in [2.75, 3.05) is 0 Å². The van der Waals surface area contributed by atoms with E-state index in [0.717, 1.165) is 0 Å². The minimum absolute atomic E-state index is 0.127. The summed E-state index contributed by atoms with van der Waals surface area (Å²) < 4.78 is 0. The van der Waals surface area contributed by atoms with Gasteiger partial charge in [-0.05, 0) is 58.4 Å². The maximum Gasteiger partial charge on any atom is 0.0593 e. The van der Waals surface area contributed by atoms with Gasteiger partial charge in [0.1, 0.15) is 0 Å². The highest BCUT2D eigenvalue weighted by molar-refractivity contribution is 5.99. The van der Waals surface area contributed by atoms with Crippen LogP contribution in [0.4, 0.5) is 0 Å². The molecule has 1 aliphatic heterocycles. The Morgan fingerprint density at radius 3 is 1.19 bits per heavy atom. The zero-order valence-corrected chi connectivity index (χ0v) is 18.0. The molecule has 0 saturated carbocycles. The number of hydrogen-bond acceptors (Lipinski definition) is 1. The number of nitrogens with one attached hydrogen (secondary N) is 1. The van der Waals surface area contributed by atoms with E-state index in [4.69, 9.17) is 0 Å². The first-order valence-electron chi connectivity index (χ1n) is 11.0. The van der Waals surface area contributed by atoms with Crippen LogP contribution >= 0.6 is 0 Å². The molecule has 4 aromatic rings. The predicted molar refractivity (Wildman–Crippen MR) is 131 cm³/mol. The SMILES string of the molecule is Cc1ccccc1C1=C(c2ccccc2C)C(c2ccccc2)NC1c1ccccc1. The first-order valence-corrected chi connectivity index (χ1v) is 11.0. The second-order valence-electron chi connectivity index (χ2n) is 8.31. The van der Waals surface area contributed by atoms with Crippen molar-refractivity contribution in [3.63, 3.8) is 0 Å². The summed E-state index contributed by atoms with van der Waals surface area (Å²) in [5, 5.41) is 4.00. The van der Waals surface area contributed by atoms with Crippen molar-refractivity contribution in [2.45, 2.75) is 25.9 Å². The van der Waals surface area contributed by atoms with Gasteiger partial charge in [0.05, 0.1) is 12.1 Å². The fourth-order valence-electron chi connectivity index (χ4n) is 4.81. The van der Waals surface area contributed by atoms with Crippen LogP contribution in [0, 0.1) is 13.8 Å². The zero-order chi connectivity index (χ0) is 21.2. The van der Waals surface area contributed by atoms with Crippen molar-refractivity contribution in [1.29, 1.82) is 0 Å². The average Bonchev–Trinajstić information content (AvgIpc) is 3.21. The highest BCUT2D eigenvalue weighted by atomic mass is 15.0. The van der Waals surface area contributed by atoms with Crippen molar-refractivity contribution in [3.8, 4) is 0 Å². The highest BCUT2D eigenvalue weighted by Gasteiger charge is 2.36. The molecule has 0 amide bonds. The summed E-state index contributed by atoms with van der Waals surface area (Å²) in [4.78, 5) is 0. The summed E-state index contributed by atoms with van der Waals surface area (Å²) >= 11 is 0. The Balaban J connectivity index is 1.83. The van der Waals surface area contributed by atoms with E-state index >= 15 is 0 Å². The van der Waals surface area contributed by atoms with Gasteiger partial charge in [-0.15, -0.1) is 0 Å². The molecule has 1 heteroatoms. The van der Waals surface area contributed by atoms with Crippen LogP contribution in [0.1, 0.15) is 45.5 Å². The van der Waals surface area contributed by atoms with Crippen LogP contribution in [0.2, 0.25) is 0 Å². The Morgan fingerprint density at radius 2 is 0.806 bits per heavy atom. The number of hydrogen-bond donors (Lipinski definition) is 1. The normalized spacial score (nSPS) is 18.4. The molecule has 1 aliphatic rings. The molecule has 0 spiro atoms. The molecule has 0 saturated heterocycles. The predicted octanol–water partition coefficient (Wildman–Crippen LogP) is 7.30. The summed E-state index contributed by atoms with van der Waals surface area (Å²) in [5.74, 6) is 0. The largest absolute Gasteiger partial charge is 0.295 e. The third-order valence-corrected chi connectivity index (χ3v) is 6.34. The Morgan fingerprint density at radius 1 is 0.452 bits per heavy atom. The summed E-state index contributed by atoms with van der Waals surface area (Å²) in [5.41, 5.74) is 10.6. The van der Waals surface area contributed by atoms with E-state index in [9.17, 15) is 0 Å². The number of benzene rings is 4. The molecule has 2 unspecified atom stereocenters. The molecule has 152 valence electrons. The Labute approximate surface area is 185 Å². The van der Waals surface area contributed by atoms with Crippen LogP contribution in [-0.2, 0) is 0 Å². The van der Waals surface area contributed by atoms with Gasteiger partial charge in [0.15, 0.2) is 0 Å². The lowest BCUT2D eigenvalue weighted by Gasteiger charge is -2.19. The zero-order valence-electron chi connectivity index (χ0n) is 18.0. The molecule has 1 nitrogen and oxygen atoms in total.